The van der Waals surface area contributed by atoms with E-state index in [0.29, 0.717) is 11.9 Å². The number of nitrogens with zero attached hydrogens (tertiary/aromatic N) is 2. The van der Waals surface area contributed by atoms with Crippen molar-refractivity contribution >= 4 is 11.9 Å². The number of anilines is 1. The van der Waals surface area contributed by atoms with E-state index in [4.69, 9.17) is 9.84 Å². The Bertz CT molecular complexity index is 388. The maximum absolute atomic E-state index is 10.6. The third-order valence-corrected chi connectivity index (χ3v) is 3.08. The van der Waals surface area contributed by atoms with Crippen molar-refractivity contribution in [2.45, 2.75) is 19.3 Å². The third kappa shape index (κ3) is 3.66. The largest absolute Gasteiger partial charge is 0.478 e. The second-order valence-corrected chi connectivity index (χ2v) is 4.37. The maximum atomic E-state index is 10.6. The summed E-state index contributed by atoms with van der Waals surface area (Å²) in [6, 6.07) is 0. The van der Waals surface area contributed by atoms with E-state index < -0.39 is 5.97 Å². The van der Waals surface area contributed by atoms with Gasteiger partial charge in [0.25, 0.3) is 0 Å². The lowest BCUT2D eigenvalue weighted by Crippen LogP contribution is -2.19. The fraction of sp³-hybridized carbons (Fsp3) is 0.583. The fourth-order valence-electron chi connectivity index (χ4n) is 1.95. The van der Waals surface area contributed by atoms with Gasteiger partial charge in [0.1, 0.15) is 0 Å². The van der Waals surface area contributed by atoms with Crippen LogP contribution in [0.2, 0.25) is 0 Å². The van der Waals surface area contributed by atoms with Gasteiger partial charge in [-0.15, -0.1) is 0 Å². The summed E-state index contributed by atoms with van der Waals surface area (Å²) >= 11 is 0. The number of aromatic nitrogens is 2. The minimum absolute atomic E-state index is 0.102. The molecule has 0 bridgehead atoms. The smallest absolute Gasteiger partial charge is 0.338 e. The highest BCUT2D eigenvalue weighted by atomic mass is 16.5. The molecule has 2 N–H and O–H groups in total. The number of hydrogen-bond acceptors (Lipinski definition) is 5. The second kappa shape index (κ2) is 6.30. The minimum atomic E-state index is -1.01. The van der Waals surface area contributed by atoms with Crippen molar-refractivity contribution in [1.82, 2.24) is 9.97 Å². The Kier molecular flexibility index (Phi) is 4.46. The van der Waals surface area contributed by atoms with Crippen molar-refractivity contribution < 1.29 is 14.6 Å². The lowest BCUT2D eigenvalue weighted by Gasteiger charge is -2.21. The zero-order valence-corrected chi connectivity index (χ0v) is 10.1. The van der Waals surface area contributed by atoms with Crippen LogP contribution in [-0.4, -0.2) is 40.8 Å². The van der Waals surface area contributed by atoms with Gasteiger partial charge in [-0.2, -0.15) is 0 Å². The lowest BCUT2D eigenvalue weighted by atomic mass is 9.97. The van der Waals surface area contributed by atoms with Crippen molar-refractivity contribution in [3.05, 3.63) is 18.0 Å². The standard InChI is InChI=1S/C12H17N3O3/c16-11(17)10-7-14-12(15-8-10)13-4-1-9-2-5-18-6-3-9/h7-9H,1-6H2,(H,16,17)(H,13,14,15). The van der Waals surface area contributed by atoms with Crippen molar-refractivity contribution in [1.29, 1.82) is 0 Å². The van der Waals surface area contributed by atoms with Gasteiger partial charge < -0.3 is 15.2 Å². The van der Waals surface area contributed by atoms with Crippen LogP contribution in [0.1, 0.15) is 29.6 Å². The molecule has 1 aromatic rings. The fourth-order valence-corrected chi connectivity index (χ4v) is 1.95. The summed E-state index contributed by atoms with van der Waals surface area (Å²) < 4.78 is 5.30. The van der Waals surface area contributed by atoms with Crippen LogP contribution in [0.5, 0.6) is 0 Å². The Labute approximate surface area is 105 Å². The molecule has 2 rings (SSSR count). The first kappa shape index (κ1) is 12.8. The number of hydrogen-bond donors (Lipinski definition) is 2. The predicted molar refractivity (Wildman–Crippen MR) is 65.6 cm³/mol. The normalized spacial score (nSPS) is 16.4. The van der Waals surface area contributed by atoms with Crippen LogP contribution in [0.15, 0.2) is 12.4 Å². The molecule has 6 nitrogen and oxygen atoms in total. The molecule has 1 aromatic heterocycles. The van der Waals surface area contributed by atoms with Crippen LogP contribution in [-0.2, 0) is 4.74 Å². The summed E-state index contributed by atoms with van der Waals surface area (Å²) in [6.07, 6.45) is 5.91. The number of carbonyl (C=O) groups is 1. The maximum Gasteiger partial charge on any atom is 0.338 e. The van der Waals surface area contributed by atoms with Gasteiger partial charge in [0.05, 0.1) is 5.56 Å². The number of ether oxygens (including phenoxy) is 1. The van der Waals surface area contributed by atoms with Crippen LogP contribution >= 0.6 is 0 Å². The molecule has 2 heterocycles. The van der Waals surface area contributed by atoms with Crippen molar-refractivity contribution in [3.8, 4) is 0 Å². The minimum Gasteiger partial charge on any atom is -0.478 e. The molecule has 0 aliphatic carbocycles. The Morgan fingerprint density at radius 2 is 2.06 bits per heavy atom. The quantitative estimate of drug-likeness (QED) is 0.823. The number of nitrogens with one attached hydrogen (secondary N) is 1. The highest BCUT2D eigenvalue weighted by Gasteiger charge is 2.13. The summed E-state index contributed by atoms with van der Waals surface area (Å²) in [5.74, 6) is 0.167. The molecule has 6 heteroatoms. The number of carboxylic acids is 1. The zero-order valence-electron chi connectivity index (χ0n) is 10.1. The molecular weight excluding hydrogens is 234 g/mol. The predicted octanol–water partition coefficient (Wildman–Crippen LogP) is 1.40. The Hall–Kier alpha value is -1.69. The molecule has 0 spiro atoms. The summed E-state index contributed by atoms with van der Waals surface area (Å²) in [6.45, 7) is 2.51. The van der Waals surface area contributed by atoms with Gasteiger partial charge in [-0.25, -0.2) is 14.8 Å². The highest BCUT2D eigenvalue weighted by molar-refractivity contribution is 5.86. The second-order valence-electron chi connectivity index (χ2n) is 4.37. The van der Waals surface area contributed by atoms with Gasteiger partial charge in [0.2, 0.25) is 5.95 Å². The molecule has 98 valence electrons. The van der Waals surface area contributed by atoms with E-state index in [-0.39, 0.29) is 5.56 Å². The highest BCUT2D eigenvalue weighted by Crippen LogP contribution is 2.18. The van der Waals surface area contributed by atoms with Crippen LogP contribution in [0.3, 0.4) is 0 Å². The van der Waals surface area contributed by atoms with E-state index in [1.807, 2.05) is 0 Å². The lowest BCUT2D eigenvalue weighted by molar-refractivity contribution is 0.0649. The van der Waals surface area contributed by atoms with Crippen LogP contribution in [0.4, 0.5) is 5.95 Å². The molecule has 18 heavy (non-hydrogen) atoms. The average molecular weight is 251 g/mol. The molecule has 0 radical (unpaired) electrons. The molecule has 1 aliphatic heterocycles. The van der Waals surface area contributed by atoms with Gasteiger partial charge in [-0.1, -0.05) is 0 Å². The zero-order chi connectivity index (χ0) is 12.8. The number of rotatable bonds is 5. The summed E-state index contributed by atoms with van der Waals surface area (Å²) in [5, 5.41) is 11.8. The molecule has 1 aliphatic rings. The van der Waals surface area contributed by atoms with E-state index in [0.717, 1.165) is 39.0 Å². The summed E-state index contributed by atoms with van der Waals surface area (Å²) in [7, 11) is 0. The summed E-state index contributed by atoms with van der Waals surface area (Å²) in [5.41, 5.74) is 0.102. The molecule has 1 fully saturated rings. The monoisotopic (exact) mass is 251 g/mol. The average Bonchev–Trinajstić information content (AvgIpc) is 2.40. The first-order valence-corrected chi connectivity index (χ1v) is 6.12. The molecule has 0 amide bonds. The van der Waals surface area contributed by atoms with E-state index in [9.17, 15) is 4.79 Å². The van der Waals surface area contributed by atoms with Crippen molar-refractivity contribution in [2.75, 3.05) is 25.1 Å². The molecule has 0 saturated carbocycles. The van der Waals surface area contributed by atoms with E-state index in [1.54, 1.807) is 0 Å². The number of aromatic carboxylic acids is 1. The van der Waals surface area contributed by atoms with E-state index >= 15 is 0 Å². The van der Waals surface area contributed by atoms with E-state index in [2.05, 4.69) is 15.3 Å². The van der Waals surface area contributed by atoms with Gasteiger partial charge in [-0.3, -0.25) is 0 Å². The van der Waals surface area contributed by atoms with Crippen molar-refractivity contribution in [2.24, 2.45) is 5.92 Å². The molecule has 1 saturated heterocycles. The van der Waals surface area contributed by atoms with Crippen molar-refractivity contribution in [3.63, 3.8) is 0 Å². The van der Waals surface area contributed by atoms with Gasteiger partial charge in [-0.05, 0) is 25.2 Å². The molecule has 0 atom stereocenters. The third-order valence-electron chi connectivity index (χ3n) is 3.08. The molecule has 0 unspecified atom stereocenters. The van der Waals surface area contributed by atoms with Gasteiger partial charge in [0.15, 0.2) is 0 Å². The van der Waals surface area contributed by atoms with Crippen LogP contribution in [0.25, 0.3) is 0 Å². The topological polar surface area (TPSA) is 84.3 Å². The Morgan fingerprint density at radius 1 is 1.39 bits per heavy atom. The first-order chi connectivity index (χ1) is 8.75. The SMILES string of the molecule is O=C(O)c1cnc(NCCC2CCOCC2)nc1. The molecule has 0 aromatic carbocycles. The number of carboxylic acid groups (broad SMARTS) is 1. The van der Waals surface area contributed by atoms with E-state index in [1.165, 1.54) is 12.4 Å². The van der Waals surface area contributed by atoms with Crippen LogP contribution < -0.4 is 5.32 Å². The summed E-state index contributed by atoms with van der Waals surface area (Å²) in [4.78, 5) is 18.5. The molecular formula is C12H17N3O3. The Balaban J connectivity index is 1.74. The van der Waals surface area contributed by atoms with Gasteiger partial charge >= 0.3 is 5.97 Å². The van der Waals surface area contributed by atoms with Crippen LogP contribution in [0, 0.1) is 5.92 Å². The Morgan fingerprint density at radius 3 is 2.67 bits per heavy atom. The first-order valence-electron chi connectivity index (χ1n) is 6.12. The van der Waals surface area contributed by atoms with Gasteiger partial charge in [0, 0.05) is 32.2 Å².